The van der Waals surface area contributed by atoms with E-state index < -0.39 is 0 Å². The third-order valence-electron chi connectivity index (χ3n) is 6.40. The van der Waals surface area contributed by atoms with Crippen LogP contribution in [0.15, 0.2) is 30.6 Å². The first kappa shape index (κ1) is 20.7. The minimum Gasteiger partial charge on any atom is -0.446 e. The summed E-state index contributed by atoms with van der Waals surface area (Å²) in [6.45, 7) is 2.56. The third-order valence-corrected chi connectivity index (χ3v) is 6.40. The molecule has 3 aromatic heterocycles. The van der Waals surface area contributed by atoms with E-state index in [4.69, 9.17) is 9.47 Å². The van der Waals surface area contributed by atoms with E-state index in [9.17, 15) is 4.79 Å². The van der Waals surface area contributed by atoms with E-state index >= 15 is 0 Å². The van der Waals surface area contributed by atoms with Gasteiger partial charge in [0.2, 0.25) is 0 Å². The molecule has 0 saturated heterocycles. The van der Waals surface area contributed by atoms with Gasteiger partial charge in [0.05, 0.1) is 6.61 Å². The summed E-state index contributed by atoms with van der Waals surface area (Å²) in [5.74, 6) is 1.61. The Labute approximate surface area is 186 Å². The molecule has 0 aliphatic heterocycles. The monoisotopic (exact) mass is 436 g/mol. The summed E-state index contributed by atoms with van der Waals surface area (Å²) in [5.41, 5.74) is 2.80. The fourth-order valence-corrected chi connectivity index (χ4v) is 4.31. The molecule has 3 aromatic rings. The Bertz CT molecular complexity index is 1130. The first-order chi connectivity index (χ1) is 15.5. The largest absolute Gasteiger partial charge is 0.446 e. The minimum atomic E-state index is -0.301. The molecule has 3 heterocycles. The lowest BCUT2D eigenvalue weighted by molar-refractivity contribution is 0.0967. The molecule has 2 saturated carbocycles. The number of alkyl carbamates (subject to hydrolysis) is 1. The van der Waals surface area contributed by atoms with Crippen LogP contribution in [-0.2, 0) is 16.1 Å². The van der Waals surface area contributed by atoms with Crippen molar-refractivity contribution in [3.05, 3.63) is 41.9 Å². The van der Waals surface area contributed by atoms with Crippen LogP contribution in [0, 0.1) is 0 Å². The molecular weight excluding hydrogens is 408 g/mol. The maximum absolute atomic E-state index is 12.1. The molecule has 168 valence electrons. The van der Waals surface area contributed by atoms with E-state index in [1.807, 2.05) is 25.1 Å². The van der Waals surface area contributed by atoms with E-state index in [0.29, 0.717) is 18.2 Å². The van der Waals surface area contributed by atoms with Crippen molar-refractivity contribution in [1.29, 1.82) is 0 Å². The molecule has 0 radical (unpaired) electrons. The summed E-state index contributed by atoms with van der Waals surface area (Å²) in [7, 11) is 1.68. The Kier molecular flexibility index (Phi) is 5.42. The van der Waals surface area contributed by atoms with E-state index in [1.165, 1.54) is 0 Å². The zero-order valence-electron chi connectivity index (χ0n) is 18.4. The van der Waals surface area contributed by atoms with Gasteiger partial charge in [-0.3, -0.25) is 10.1 Å². The Morgan fingerprint density at radius 1 is 1.25 bits per heavy atom. The fraction of sp³-hybridized carbons (Fsp3) is 0.478. The van der Waals surface area contributed by atoms with Gasteiger partial charge >= 0.3 is 6.09 Å². The number of hydrogen-bond donors (Lipinski definition) is 3. The number of anilines is 2. The van der Waals surface area contributed by atoms with E-state index in [2.05, 4.69) is 30.8 Å². The second-order valence-corrected chi connectivity index (χ2v) is 9.02. The normalized spacial score (nSPS) is 21.4. The molecule has 0 spiro atoms. The molecule has 9 heteroatoms. The van der Waals surface area contributed by atoms with Crippen LogP contribution in [0.25, 0.3) is 10.9 Å². The van der Waals surface area contributed by atoms with Crippen LogP contribution in [-0.4, -0.2) is 45.0 Å². The van der Waals surface area contributed by atoms with Crippen molar-refractivity contribution in [3.8, 4) is 0 Å². The number of fused-ring (bicyclic) bond motifs is 1. The molecule has 2 atom stereocenters. The lowest BCUT2D eigenvalue weighted by atomic mass is 10.0. The summed E-state index contributed by atoms with van der Waals surface area (Å²) in [6, 6.07) is 5.89. The molecule has 0 bridgehead atoms. The van der Waals surface area contributed by atoms with Gasteiger partial charge < -0.3 is 20.1 Å². The van der Waals surface area contributed by atoms with Crippen molar-refractivity contribution in [3.63, 3.8) is 0 Å². The van der Waals surface area contributed by atoms with Gasteiger partial charge in [0.15, 0.2) is 11.6 Å². The highest BCUT2D eigenvalue weighted by Gasteiger charge is 2.40. The van der Waals surface area contributed by atoms with Gasteiger partial charge in [0.1, 0.15) is 11.6 Å². The molecule has 1 amide bonds. The van der Waals surface area contributed by atoms with Crippen LogP contribution in [0.2, 0.25) is 0 Å². The van der Waals surface area contributed by atoms with Gasteiger partial charge in [-0.25, -0.2) is 9.78 Å². The molecule has 9 nitrogen and oxygen atoms in total. The van der Waals surface area contributed by atoms with Gasteiger partial charge in [-0.15, -0.1) is 0 Å². The topological polar surface area (TPSA) is 114 Å². The first-order valence-corrected chi connectivity index (χ1v) is 11.1. The van der Waals surface area contributed by atoms with Crippen molar-refractivity contribution in [1.82, 2.24) is 25.5 Å². The predicted molar refractivity (Wildman–Crippen MR) is 120 cm³/mol. The molecule has 3 N–H and O–H groups in total. The summed E-state index contributed by atoms with van der Waals surface area (Å²) >= 11 is 0. The summed E-state index contributed by atoms with van der Waals surface area (Å²) in [4.78, 5) is 21.0. The number of methoxy groups -OCH3 is 1. The van der Waals surface area contributed by atoms with Crippen molar-refractivity contribution in [2.75, 3.05) is 12.4 Å². The maximum atomic E-state index is 12.1. The maximum Gasteiger partial charge on any atom is 0.407 e. The highest BCUT2D eigenvalue weighted by Crippen LogP contribution is 2.37. The predicted octanol–water partition coefficient (Wildman–Crippen LogP) is 4.16. The van der Waals surface area contributed by atoms with Crippen LogP contribution in [0.3, 0.4) is 0 Å². The Morgan fingerprint density at radius 2 is 2.09 bits per heavy atom. The second-order valence-electron chi connectivity index (χ2n) is 9.02. The van der Waals surface area contributed by atoms with Crippen molar-refractivity contribution >= 4 is 28.6 Å². The smallest absolute Gasteiger partial charge is 0.407 e. The number of aromatic amines is 1. The number of nitrogens with one attached hydrogen (secondary N) is 3. The van der Waals surface area contributed by atoms with Crippen LogP contribution < -0.4 is 10.6 Å². The molecule has 2 aliphatic carbocycles. The number of carbonyl (C=O) groups excluding carboxylic acids is 1. The number of ether oxygens (including phenoxy) is 2. The summed E-state index contributed by atoms with van der Waals surface area (Å²) in [5, 5.41) is 14.8. The van der Waals surface area contributed by atoms with Gasteiger partial charge in [0.25, 0.3) is 0 Å². The summed E-state index contributed by atoms with van der Waals surface area (Å²) < 4.78 is 10.9. The van der Waals surface area contributed by atoms with Gasteiger partial charge in [-0.05, 0) is 56.7 Å². The second kappa shape index (κ2) is 8.38. The lowest BCUT2D eigenvalue weighted by Gasteiger charge is -2.16. The zero-order chi connectivity index (χ0) is 22.1. The van der Waals surface area contributed by atoms with Crippen LogP contribution in [0.4, 0.5) is 16.4 Å². The number of amides is 1. The molecule has 0 unspecified atom stereocenters. The Morgan fingerprint density at radius 3 is 2.91 bits per heavy atom. The van der Waals surface area contributed by atoms with Crippen LogP contribution >= 0.6 is 0 Å². The molecule has 5 rings (SSSR count). The zero-order valence-corrected chi connectivity index (χ0v) is 18.4. The van der Waals surface area contributed by atoms with Gasteiger partial charge in [-0.1, -0.05) is 0 Å². The van der Waals surface area contributed by atoms with Crippen molar-refractivity contribution in [2.45, 2.75) is 63.2 Å². The number of hydrogen-bond acceptors (Lipinski definition) is 7. The van der Waals surface area contributed by atoms with Gasteiger partial charge in [0, 0.05) is 48.1 Å². The molecule has 32 heavy (non-hydrogen) atoms. The number of H-pyrrole nitrogens is 1. The molecule has 2 aliphatic rings. The van der Waals surface area contributed by atoms with Crippen LogP contribution in [0.1, 0.15) is 56.2 Å². The number of carbonyl (C=O) groups is 1. The van der Waals surface area contributed by atoms with Gasteiger partial charge in [-0.2, -0.15) is 5.10 Å². The highest BCUT2D eigenvalue weighted by molar-refractivity contribution is 5.91. The van der Waals surface area contributed by atoms with E-state index in [0.717, 1.165) is 54.3 Å². The third kappa shape index (κ3) is 4.38. The lowest BCUT2D eigenvalue weighted by Crippen LogP contribution is -2.36. The standard InChI is InChI=1S/C23H28N6O3/c1-23(7-8-23)27-22(30)32-16-4-3-14(11-16)18-12-19(29-28-18)26-21-20-17(6-10-25-21)15(13-31-2)5-9-24-20/h5-6,9-10,12,14,16H,3-4,7-8,11,13H2,1-2H3,(H,27,30)(H2,25,26,28,29)/t14-,16+/m0/s1. The first-order valence-electron chi connectivity index (χ1n) is 11.1. The van der Waals surface area contributed by atoms with E-state index in [-0.39, 0.29) is 23.7 Å². The highest BCUT2D eigenvalue weighted by atomic mass is 16.6. The summed E-state index contributed by atoms with van der Waals surface area (Å²) in [6.07, 6.45) is 7.79. The van der Waals surface area contributed by atoms with Crippen molar-refractivity contribution in [2.24, 2.45) is 0 Å². The number of rotatable bonds is 7. The average Bonchev–Trinajstić information content (AvgIpc) is 3.15. The van der Waals surface area contributed by atoms with E-state index in [1.54, 1.807) is 19.5 Å². The minimum absolute atomic E-state index is 0.0616. The quantitative estimate of drug-likeness (QED) is 0.509. The molecular formula is C23H28N6O3. The Hall–Kier alpha value is -3.20. The molecule has 0 aromatic carbocycles. The SMILES string of the molecule is COCc1ccnc2c(Nc3cc([C@H]4CC[C@@H](OC(=O)NC5(C)CC5)C4)[nH]n3)nccc12. The van der Waals surface area contributed by atoms with Crippen molar-refractivity contribution < 1.29 is 14.3 Å². The average molecular weight is 437 g/mol. The fourth-order valence-electron chi connectivity index (χ4n) is 4.31. The van der Waals surface area contributed by atoms with Crippen LogP contribution in [0.5, 0.6) is 0 Å². The molecule has 2 fully saturated rings. The number of pyridine rings is 2. The Balaban J connectivity index is 1.24. The number of nitrogens with zero attached hydrogens (tertiary/aromatic N) is 3. The number of aromatic nitrogens is 4.